The van der Waals surface area contributed by atoms with Crippen LogP contribution in [0.25, 0.3) is 22.3 Å². The number of pyridine rings is 2. The van der Waals surface area contributed by atoms with E-state index in [0.717, 1.165) is 11.3 Å². The van der Waals surface area contributed by atoms with Crippen LogP contribution in [0, 0.1) is 0 Å². The first kappa shape index (κ1) is 19.7. The average molecular weight is 448 g/mol. The number of fused-ring (bicyclic) bond motifs is 5. The van der Waals surface area contributed by atoms with Gasteiger partial charge in [-0.1, -0.05) is 6.92 Å². The molecule has 0 saturated carbocycles. The molecule has 168 valence electrons. The molecule has 0 radical (unpaired) electrons. The quantitative estimate of drug-likeness (QED) is 0.277. The van der Waals surface area contributed by atoms with Gasteiger partial charge in [-0.05, 0) is 24.6 Å². The van der Waals surface area contributed by atoms with E-state index in [2.05, 4.69) is 10.3 Å². The third-order valence-electron chi connectivity index (χ3n) is 6.51. The van der Waals surface area contributed by atoms with Gasteiger partial charge >= 0.3 is 5.97 Å². The number of anilines is 1. The van der Waals surface area contributed by atoms with Gasteiger partial charge in [0.1, 0.15) is 12.4 Å². The summed E-state index contributed by atoms with van der Waals surface area (Å²) in [7, 11) is 1.66. The molecule has 33 heavy (non-hydrogen) atoms. The van der Waals surface area contributed by atoms with E-state index in [1.54, 1.807) is 30.9 Å². The molecule has 1 atom stereocenters. The summed E-state index contributed by atoms with van der Waals surface area (Å²) in [6.45, 7) is 1.77. The molecule has 0 saturated heterocycles. The average Bonchev–Trinajstić information content (AvgIpc) is 3.21. The van der Waals surface area contributed by atoms with Crippen molar-refractivity contribution in [1.29, 1.82) is 0 Å². The van der Waals surface area contributed by atoms with Gasteiger partial charge in [0, 0.05) is 18.2 Å². The molecule has 6 rings (SSSR count). The molecule has 1 aromatic carbocycles. The number of nitrogens with zero attached hydrogens (tertiary/aromatic N) is 3. The summed E-state index contributed by atoms with van der Waals surface area (Å²) in [6, 6.07) is 5.37. The summed E-state index contributed by atoms with van der Waals surface area (Å²) < 4.78 is 18.4. The van der Waals surface area contributed by atoms with Crippen LogP contribution in [-0.2, 0) is 28.3 Å². The Kier molecular flexibility index (Phi) is 4.06. The van der Waals surface area contributed by atoms with Crippen molar-refractivity contribution in [2.45, 2.75) is 32.1 Å². The van der Waals surface area contributed by atoms with Crippen LogP contribution < -0.4 is 20.3 Å². The van der Waals surface area contributed by atoms with Gasteiger partial charge in [-0.15, -0.1) is 0 Å². The van der Waals surface area contributed by atoms with E-state index in [-0.39, 0.29) is 43.1 Å². The molecule has 10 nitrogen and oxygen atoms in total. The van der Waals surface area contributed by atoms with Gasteiger partial charge in [-0.3, -0.25) is 9.79 Å². The molecule has 0 spiro atoms. The van der Waals surface area contributed by atoms with Crippen LogP contribution in [0.2, 0.25) is 0 Å². The van der Waals surface area contributed by atoms with E-state index in [0.29, 0.717) is 33.8 Å². The minimum absolute atomic E-state index is 0.0141. The van der Waals surface area contributed by atoms with Crippen molar-refractivity contribution < 1.29 is 24.1 Å². The third kappa shape index (κ3) is 2.52. The maximum absolute atomic E-state index is 13.4. The summed E-state index contributed by atoms with van der Waals surface area (Å²) in [5.74, 6) is 0.459. The van der Waals surface area contributed by atoms with E-state index in [1.165, 1.54) is 0 Å². The molecule has 0 unspecified atom stereocenters. The second-order valence-electron chi connectivity index (χ2n) is 8.15. The van der Waals surface area contributed by atoms with E-state index in [1.807, 2.05) is 12.1 Å². The molecule has 0 fully saturated rings. The number of aliphatic imine (C=N–C) groups is 1. The van der Waals surface area contributed by atoms with E-state index in [4.69, 9.17) is 19.2 Å². The van der Waals surface area contributed by atoms with Crippen molar-refractivity contribution in [1.82, 2.24) is 9.55 Å². The number of hydrogen-bond donors (Lipinski definition) is 2. The Hall–Kier alpha value is -3.92. The van der Waals surface area contributed by atoms with Gasteiger partial charge in [0.15, 0.2) is 11.4 Å². The molecule has 0 bridgehead atoms. The number of cyclic esters (lactones) is 1. The number of carbonyl (C=O) groups excluding carboxylic acids is 1. The monoisotopic (exact) mass is 448 g/mol. The van der Waals surface area contributed by atoms with Crippen molar-refractivity contribution in [3.05, 3.63) is 45.2 Å². The summed E-state index contributed by atoms with van der Waals surface area (Å²) in [5.41, 5.74) is 1.62. The Morgan fingerprint density at radius 3 is 2.85 bits per heavy atom. The van der Waals surface area contributed by atoms with Crippen molar-refractivity contribution in [3.8, 4) is 22.9 Å². The van der Waals surface area contributed by atoms with Gasteiger partial charge < -0.3 is 29.2 Å². The number of aromatic nitrogens is 2. The maximum atomic E-state index is 13.4. The molecule has 3 aliphatic rings. The molecule has 10 heteroatoms. The molecule has 5 heterocycles. The molecule has 2 N–H and O–H groups in total. The molecule has 2 aromatic heterocycles. The van der Waals surface area contributed by atoms with Gasteiger partial charge in [-0.2, -0.15) is 0 Å². The second kappa shape index (κ2) is 6.79. The highest BCUT2D eigenvalue weighted by molar-refractivity contribution is 6.01. The number of aliphatic hydroxyl groups is 1. The normalized spacial score (nSPS) is 20.0. The summed E-state index contributed by atoms with van der Waals surface area (Å²) in [5, 5.41) is 14.8. The van der Waals surface area contributed by atoms with Crippen LogP contribution in [0.4, 0.5) is 5.69 Å². The minimum atomic E-state index is -1.87. The number of benzene rings is 1. The Labute approximate surface area is 187 Å². The lowest BCUT2D eigenvalue weighted by Crippen LogP contribution is -2.44. The first-order chi connectivity index (χ1) is 16.0. The first-order valence-corrected chi connectivity index (χ1v) is 10.6. The van der Waals surface area contributed by atoms with Crippen molar-refractivity contribution >= 4 is 28.9 Å². The fourth-order valence-corrected chi connectivity index (χ4v) is 4.80. The van der Waals surface area contributed by atoms with Crippen LogP contribution >= 0.6 is 0 Å². The number of hydrogen-bond acceptors (Lipinski definition) is 8. The lowest BCUT2D eigenvalue weighted by atomic mass is 9.86. The summed E-state index contributed by atoms with van der Waals surface area (Å²) in [4.78, 5) is 34.5. The standard InChI is InChI=1S/C23H20N4O6/c1-3-23(30)13-6-16-18-11(7-27(16)21(28)12(13)8-31-22(23)29)19-17-14(26-18)4-5-15(25-9-24-2)20(17)33-10-32-19/h4-6,9,30H,3,7-8,10H2,1-2H3,(H,24,25)/t23-/m0/s1. The van der Waals surface area contributed by atoms with E-state index in [9.17, 15) is 14.7 Å². The zero-order valence-electron chi connectivity index (χ0n) is 18.0. The lowest BCUT2D eigenvalue weighted by Gasteiger charge is -2.31. The highest BCUT2D eigenvalue weighted by atomic mass is 16.7. The smallest absolute Gasteiger partial charge is 0.343 e. The Bertz CT molecular complexity index is 1460. The number of esters is 1. The van der Waals surface area contributed by atoms with Crippen molar-refractivity contribution in [2.75, 3.05) is 19.2 Å². The van der Waals surface area contributed by atoms with E-state index >= 15 is 0 Å². The van der Waals surface area contributed by atoms with Gasteiger partial charge in [0.05, 0.1) is 46.4 Å². The van der Waals surface area contributed by atoms with Crippen LogP contribution in [0.1, 0.15) is 30.0 Å². The molecule has 0 aliphatic carbocycles. The lowest BCUT2D eigenvalue weighted by molar-refractivity contribution is -0.172. The predicted molar refractivity (Wildman–Crippen MR) is 119 cm³/mol. The predicted octanol–water partition coefficient (Wildman–Crippen LogP) is 1.88. The summed E-state index contributed by atoms with van der Waals surface area (Å²) >= 11 is 0. The largest absolute Gasteiger partial charge is 0.458 e. The maximum Gasteiger partial charge on any atom is 0.343 e. The Morgan fingerprint density at radius 1 is 1.24 bits per heavy atom. The van der Waals surface area contributed by atoms with Crippen LogP contribution in [0.5, 0.6) is 11.5 Å². The van der Waals surface area contributed by atoms with Crippen LogP contribution in [-0.4, -0.2) is 40.8 Å². The zero-order chi connectivity index (χ0) is 22.9. The third-order valence-corrected chi connectivity index (χ3v) is 6.51. The SMILES string of the molecule is CC[C@@]1(O)C(=O)OCc2c1cc1n(c2=O)Cc2c-1nc1ccc(NC=NC)c3c1c2OCO3. The number of carbonyl (C=O) groups is 1. The summed E-state index contributed by atoms with van der Waals surface area (Å²) in [6.07, 6.45) is 1.65. The number of nitrogens with one attached hydrogen (secondary N) is 1. The fraction of sp³-hybridized carbons (Fsp3) is 0.304. The number of ether oxygens (including phenoxy) is 3. The Balaban J connectivity index is 1.61. The number of rotatable bonds is 3. The Morgan fingerprint density at radius 2 is 2.06 bits per heavy atom. The second-order valence-corrected chi connectivity index (χ2v) is 8.15. The molecule has 0 amide bonds. The molecule has 3 aromatic rings. The van der Waals surface area contributed by atoms with Crippen LogP contribution in [0.15, 0.2) is 28.0 Å². The van der Waals surface area contributed by atoms with Gasteiger partial charge in [-0.25, -0.2) is 9.78 Å². The molecule has 3 aliphatic heterocycles. The minimum Gasteiger partial charge on any atom is -0.458 e. The highest BCUT2D eigenvalue weighted by Crippen LogP contribution is 2.48. The van der Waals surface area contributed by atoms with Crippen LogP contribution in [0.3, 0.4) is 0 Å². The first-order valence-electron chi connectivity index (χ1n) is 10.6. The zero-order valence-corrected chi connectivity index (χ0v) is 18.0. The topological polar surface area (TPSA) is 124 Å². The molecular formula is C23H20N4O6. The van der Waals surface area contributed by atoms with Gasteiger partial charge in [0.25, 0.3) is 5.56 Å². The fourth-order valence-electron chi connectivity index (χ4n) is 4.80. The highest BCUT2D eigenvalue weighted by Gasteiger charge is 2.45. The van der Waals surface area contributed by atoms with Gasteiger partial charge in [0.2, 0.25) is 6.79 Å². The molecular weight excluding hydrogens is 428 g/mol. The van der Waals surface area contributed by atoms with E-state index < -0.39 is 11.6 Å². The van der Waals surface area contributed by atoms with Crippen molar-refractivity contribution in [3.63, 3.8) is 0 Å². The van der Waals surface area contributed by atoms with Crippen molar-refractivity contribution in [2.24, 2.45) is 4.99 Å².